The highest BCUT2D eigenvalue weighted by molar-refractivity contribution is 5.44. The number of ether oxygens (including phenoxy) is 1. The van der Waals surface area contributed by atoms with Crippen LogP contribution in [0, 0.1) is 11.8 Å². The van der Waals surface area contributed by atoms with Crippen molar-refractivity contribution in [2.45, 2.75) is 57.2 Å². The molecule has 4 atom stereocenters. The summed E-state index contributed by atoms with van der Waals surface area (Å²) in [5, 5.41) is 0. The van der Waals surface area contributed by atoms with Crippen LogP contribution in [-0.4, -0.2) is 5.60 Å². The van der Waals surface area contributed by atoms with E-state index in [1.807, 2.05) is 0 Å². The van der Waals surface area contributed by atoms with Gasteiger partial charge in [-0.25, -0.2) is 0 Å². The van der Waals surface area contributed by atoms with E-state index in [-0.39, 0.29) is 5.60 Å². The lowest BCUT2D eigenvalue weighted by Crippen LogP contribution is -2.50. The molecule has 0 unspecified atom stereocenters. The molecule has 1 heterocycles. The Labute approximate surface area is 110 Å². The summed E-state index contributed by atoms with van der Waals surface area (Å²) < 4.78 is 6.52. The van der Waals surface area contributed by atoms with Gasteiger partial charge < -0.3 is 4.74 Å². The van der Waals surface area contributed by atoms with Crippen molar-refractivity contribution in [3.05, 3.63) is 35.4 Å². The third kappa shape index (κ3) is 1.17. The first-order valence-corrected chi connectivity index (χ1v) is 7.29. The van der Waals surface area contributed by atoms with E-state index >= 15 is 0 Å². The maximum Gasteiger partial charge on any atom is 0.0871 e. The largest absolute Gasteiger partial charge is 0.367 e. The molecule has 0 N–H and O–H groups in total. The van der Waals surface area contributed by atoms with Gasteiger partial charge in [-0.15, -0.1) is 0 Å². The predicted molar refractivity (Wildman–Crippen MR) is 72.5 cm³/mol. The molecule has 3 aliphatic rings. The third-order valence-electron chi connectivity index (χ3n) is 6.03. The van der Waals surface area contributed by atoms with Gasteiger partial charge in [0, 0.05) is 0 Å². The van der Waals surface area contributed by atoms with E-state index in [4.69, 9.17) is 4.74 Å². The van der Waals surface area contributed by atoms with E-state index < -0.39 is 0 Å². The summed E-state index contributed by atoms with van der Waals surface area (Å²) in [6.07, 6.45) is 4.35. The normalized spacial score (nSPS) is 43.6. The minimum Gasteiger partial charge on any atom is -0.367 e. The average Bonchev–Trinajstić information content (AvgIpc) is 2.61. The Balaban J connectivity index is 1.91. The summed E-state index contributed by atoms with van der Waals surface area (Å²) in [5.74, 6) is 1.46. The lowest BCUT2D eigenvalue weighted by molar-refractivity contribution is -0.192. The van der Waals surface area contributed by atoms with Crippen molar-refractivity contribution in [3.63, 3.8) is 0 Å². The first-order chi connectivity index (χ1) is 8.52. The molecule has 0 amide bonds. The Morgan fingerprint density at radius 3 is 2.78 bits per heavy atom. The van der Waals surface area contributed by atoms with Crippen LogP contribution in [0.5, 0.6) is 0 Å². The molecule has 1 heteroatoms. The summed E-state index contributed by atoms with van der Waals surface area (Å²) in [4.78, 5) is 0. The first-order valence-electron chi connectivity index (χ1n) is 7.29. The highest BCUT2D eigenvalue weighted by atomic mass is 16.5. The number of rotatable bonds is 0. The van der Waals surface area contributed by atoms with Crippen LogP contribution in [0.1, 0.15) is 57.3 Å². The highest BCUT2D eigenvalue weighted by Gasteiger charge is 2.58. The number of hydrogen-bond acceptors (Lipinski definition) is 1. The molecule has 1 saturated heterocycles. The van der Waals surface area contributed by atoms with Gasteiger partial charge in [0.1, 0.15) is 0 Å². The van der Waals surface area contributed by atoms with Crippen molar-refractivity contribution in [1.29, 1.82) is 0 Å². The van der Waals surface area contributed by atoms with Crippen LogP contribution in [0.2, 0.25) is 0 Å². The fraction of sp³-hybridized carbons (Fsp3) is 0.647. The Hall–Kier alpha value is -0.820. The minimum atomic E-state index is 0.0555. The molecule has 1 nitrogen and oxygen atoms in total. The third-order valence-corrected chi connectivity index (χ3v) is 6.03. The molecule has 2 fully saturated rings. The quantitative estimate of drug-likeness (QED) is 0.661. The van der Waals surface area contributed by atoms with Gasteiger partial charge in [-0.3, -0.25) is 0 Å². The van der Waals surface area contributed by atoms with Gasteiger partial charge in [0.15, 0.2) is 0 Å². The summed E-state index contributed by atoms with van der Waals surface area (Å²) >= 11 is 0. The Morgan fingerprint density at radius 2 is 1.94 bits per heavy atom. The molecule has 0 aromatic heterocycles. The van der Waals surface area contributed by atoms with Gasteiger partial charge in [0.25, 0.3) is 0 Å². The fourth-order valence-electron chi connectivity index (χ4n) is 4.82. The van der Waals surface area contributed by atoms with E-state index in [0.29, 0.717) is 17.4 Å². The molecular formula is C17H22O. The standard InChI is InChI=1S/C17H22O/c1-16(2)11-8-9-17(3)13-7-5-4-6-12(13)15(18-16)14(17)10-11/h4-7,11,14-15H,8-10H2,1-3H3/t11-,14+,15+,17-/m1/s1. The van der Waals surface area contributed by atoms with Gasteiger partial charge in [-0.2, -0.15) is 0 Å². The number of benzene rings is 1. The Morgan fingerprint density at radius 1 is 1.17 bits per heavy atom. The minimum absolute atomic E-state index is 0.0555. The Bertz CT molecular complexity index is 504. The number of fused-ring (bicyclic) bond motifs is 4. The van der Waals surface area contributed by atoms with Crippen LogP contribution >= 0.6 is 0 Å². The summed E-state index contributed by atoms with van der Waals surface area (Å²) in [6.45, 7) is 7.04. The second-order valence-electron chi connectivity index (χ2n) is 7.22. The molecule has 2 bridgehead atoms. The summed E-state index contributed by atoms with van der Waals surface area (Å²) in [7, 11) is 0. The van der Waals surface area contributed by atoms with Crippen LogP contribution in [-0.2, 0) is 10.2 Å². The highest BCUT2D eigenvalue weighted by Crippen LogP contribution is 2.63. The van der Waals surface area contributed by atoms with Gasteiger partial charge in [0.2, 0.25) is 0 Å². The maximum absolute atomic E-state index is 6.52. The molecule has 1 saturated carbocycles. The fourth-order valence-corrected chi connectivity index (χ4v) is 4.82. The van der Waals surface area contributed by atoms with Crippen molar-refractivity contribution in [1.82, 2.24) is 0 Å². The van der Waals surface area contributed by atoms with E-state index in [1.165, 1.54) is 24.8 Å². The van der Waals surface area contributed by atoms with E-state index in [0.717, 1.165) is 5.92 Å². The smallest absolute Gasteiger partial charge is 0.0871 e. The lowest BCUT2D eigenvalue weighted by Gasteiger charge is -2.52. The molecular weight excluding hydrogens is 220 g/mol. The Kier molecular flexibility index (Phi) is 1.96. The van der Waals surface area contributed by atoms with Crippen molar-refractivity contribution >= 4 is 0 Å². The van der Waals surface area contributed by atoms with Crippen molar-refractivity contribution < 1.29 is 4.74 Å². The zero-order valence-corrected chi connectivity index (χ0v) is 11.6. The molecule has 0 radical (unpaired) electrons. The summed E-state index contributed by atoms with van der Waals surface area (Å²) in [6, 6.07) is 8.99. The first kappa shape index (κ1) is 11.0. The van der Waals surface area contributed by atoms with Gasteiger partial charge in [-0.1, -0.05) is 31.2 Å². The molecule has 18 heavy (non-hydrogen) atoms. The zero-order valence-electron chi connectivity index (χ0n) is 11.6. The predicted octanol–water partition coefficient (Wildman–Crippen LogP) is 4.22. The van der Waals surface area contributed by atoms with Gasteiger partial charge in [-0.05, 0) is 61.5 Å². The zero-order chi connectivity index (χ0) is 12.5. The molecule has 96 valence electrons. The van der Waals surface area contributed by atoms with Gasteiger partial charge >= 0.3 is 0 Å². The molecule has 4 rings (SSSR count). The topological polar surface area (TPSA) is 9.23 Å². The van der Waals surface area contributed by atoms with Crippen LogP contribution in [0.4, 0.5) is 0 Å². The SMILES string of the molecule is CC1(C)O[C@H]2c3ccccc3[C@@]3(C)CC[C@@H]1C[C@@H]23. The van der Waals surface area contributed by atoms with Crippen LogP contribution in [0.25, 0.3) is 0 Å². The lowest BCUT2D eigenvalue weighted by atomic mass is 9.60. The second-order valence-corrected chi connectivity index (χ2v) is 7.22. The molecule has 1 aromatic rings. The molecule has 2 aliphatic carbocycles. The van der Waals surface area contributed by atoms with E-state index in [9.17, 15) is 0 Å². The van der Waals surface area contributed by atoms with Crippen molar-refractivity contribution in [3.8, 4) is 0 Å². The molecule has 1 aliphatic heterocycles. The monoisotopic (exact) mass is 242 g/mol. The summed E-state index contributed by atoms with van der Waals surface area (Å²) in [5.41, 5.74) is 3.46. The maximum atomic E-state index is 6.52. The molecule has 0 spiro atoms. The van der Waals surface area contributed by atoms with E-state index in [2.05, 4.69) is 45.0 Å². The van der Waals surface area contributed by atoms with Crippen LogP contribution in [0.3, 0.4) is 0 Å². The van der Waals surface area contributed by atoms with Gasteiger partial charge in [0.05, 0.1) is 11.7 Å². The van der Waals surface area contributed by atoms with E-state index in [1.54, 1.807) is 5.56 Å². The molecule has 1 aromatic carbocycles. The number of hydrogen-bond donors (Lipinski definition) is 0. The average molecular weight is 242 g/mol. The van der Waals surface area contributed by atoms with Crippen molar-refractivity contribution in [2.75, 3.05) is 0 Å². The van der Waals surface area contributed by atoms with Crippen molar-refractivity contribution in [2.24, 2.45) is 11.8 Å². The van der Waals surface area contributed by atoms with Crippen LogP contribution < -0.4 is 0 Å². The van der Waals surface area contributed by atoms with Crippen LogP contribution in [0.15, 0.2) is 24.3 Å². The second kappa shape index (κ2) is 3.19.